The normalized spacial score (nSPS) is 14.7. The van der Waals surface area contributed by atoms with E-state index in [0.29, 0.717) is 12.1 Å². The summed E-state index contributed by atoms with van der Waals surface area (Å²) in [6, 6.07) is 1.67. The molecular weight excluding hydrogens is 318 g/mol. The van der Waals surface area contributed by atoms with Crippen LogP contribution in [0.5, 0.6) is 0 Å². The molecule has 0 heterocycles. The van der Waals surface area contributed by atoms with Crippen molar-refractivity contribution in [2.45, 2.75) is 30.4 Å². The molecule has 1 unspecified atom stereocenters. The molecule has 22 heavy (non-hydrogen) atoms. The summed E-state index contributed by atoms with van der Waals surface area (Å²) in [7, 11) is 0. The molecule has 0 aliphatic carbocycles. The molecule has 1 amide bonds. The summed E-state index contributed by atoms with van der Waals surface area (Å²) in [4.78, 5) is 10.7. The van der Waals surface area contributed by atoms with Crippen molar-refractivity contribution in [1.29, 1.82) is 0 Å². The van der Waals surface area contributed by atoms with Crippen molar-refractivity contribution in [3.05, 3.63) is 35.4 Å². The summed E-state index contributed by atoms with van der Waals surface area (Å²) in [6.07, 6.45) is -12.2. The lowest BCUT2D eigenvalue weighted by Crippen LogP contribution is -2.53. The first-order valence-corrected chi connectivity index (χ1v) is 5.81. The van der Waals surface area contributed by atoms with Gasteiger partial charge in [0.15, 0.2) is 0 Å². The first-order valence-electron chi connectivity index (χ1n) is 5.81. The fraction of sp³-hybridized carbons (Fsp3) is 0.417. The van der Waals surface area contributed by atoms with Gasteiger partial charge in [0.05, 0.1) is 0 Å². The third kappa shape index (κ3) is 3.33. The van der Waals surface area contributed by atoms with Crippen LogP contribution in [0.15, 0.2) is 24.3 Å². The second kappa shape index (κ2) is 5.76. The topological polar surface area (TPSA) is 89.3 Å². The zero-order chi connectivity index (χ0) is 17.3. The van der Waals surface area contributed by atoms with E-state index in [1.807, 2.05) is 0 Å². The van der Waals surface area contributed by atoms with E-state index in [1.54, 1.807) is 0 Å². The molecule has 0 saturated carbocycles. The maximum absolute atomic E-state index is 12.7. The number of rotatable bonds is 4. The van der Waals surface area contributed by atoms with E-state index < -0.39 is 35.5 Å². The number of hydrogen-bond acceptors (Lipinski definition) is 3. The third-order valence-corrected chi connectivity index (χ3v) is 3.00. The second-order valence-electron chi connectivity index (χ2n) is 4.60. The monoisotopic (exact) mass is 330 g/mol. The molecule has 0 spiro atoms. The second-order valence-corrected chi connectivity index (χ2v) is 4.60. The van der Waals surface area contributed by atoms with E-state index in [1.165, 1.54) is 0 Å². The van der Waals surface area contributed by atoms with Crippen molar-refractivity contribution in [1.82, 2.24) is 0 Å². The summed E-state index contributed by atoms with van der Waals surface area (Å²) in [5, 5.41) is 9.18. The minimum atomic E-state index is -5.96. The molecule has 0 radical (unpaired) electrons. The number of benzene rings is 1. The summed E-state index contributed by atoms with van der Waals surface area (Å²) in [5.74, 6) is -0.779. The van der Waals surface area contributed by atoms with E-state index in [4.69, 9.17) is 11.5 Å². The molecule has 5 N–H and O–H groups in total. The van der Waals surface area contributed by atoms with Crippen molar-refractivity contribution in [2.75, 3.05) is 0 Å². The van der Waals surface area contributed by atoms with Gasteiger partial charge < -0.3 is 16.6 Å². The van der Waals surface area contributed by atoms with E-state index in [0.717, 1.165) is 12.1 Å². The Kier molecular flexibility index (Phi) is 4.78. The summed E-state index contributed by atoms with van der Waals surface area (Å²) >= 11 is 0. The lowest BCUT2D eigenvalue weighted by molar-refractivity contribution is -0.376. The van der Waals surface area contributed by atoms with Crippen LogP contribution in [0.1, 0.15) is 23.6 Å². The molecule has 124 valence electrons. The Morgan fingerprint density at radius 2 is 1.45 bits per heavy atom. The number of aliphatic hydroxyl groups is 1. The Bertz CT molecular complexity index is 524. The van der Waals surface area contributed by atoms with Crippen LogP contribution in [0.3, 0.4) is 0 Å². The van der Waals surface area contributed by atoms with Crippen LogP contribution in [0.4, 0.5) is 26.3 Å². The van der Waals surface area contributed by atoms with Crippen LogP contribution in [0, 0.1) is 0 Å². The predicted molar refractivity (Wildman–Crippen MR) is 63.2 cm³/mol. The van der Waals surface area contributed by atoms with Gasteiger partial charge in [-0.05, 0) is 5.56 Å². The van der Waals surface area contributed by atoms with Gasteiger partial charge in [-0.1, -0.05) is 24.3 Å². The van der Waals surface area contributed by atoms with Crippen LogP contribution in [-0.4, -0.2) is 23.4 Å². The number of nitrogens with two attached hydrogens (primary N) is 2. The number of carbonyl (C=O) groups is 1. The van der Waals surface area contributed by atoms with Gasteiger partial charge in [-0.25, -0.2) is 0 Å². The Balaban J connectivity index is 3.23. The first-order chi connectivity index (χ1) is 9.80. The molecule has 10 heteroatoms. The number of primary amides is 1. The molecule has 0 aliphatic rings. The van der Waals surface area contributed by atoms with Crippen molar-refractivity contribution in [2.24, 2.45) is 11.5 Å². The summed E-state index contributed by atoms with van der Waals surface area (Å²) < 4.78 is 76.0. The average Bonchev–Trinajstić information content (AvgIpc) is 2.34. The Hall–Kier alpha value is -1.81. The predicted octanol–water partition coefficient (Wildman–Crippen LogP) is 1.87. The Morgan fingerprint density at radius 3 is 1.77 bits per heavy atom. The minimum Gasteiger partial charge on any atom is -0.370 e. The van der Waals surface area contributed by atoms with Crippen molar-refractivity contribution in [3.8, 4) is 0 Å². The van der Waals surface area contributed by atoms with Gasteiger partial charge in [-0.2, -0.15) is 26.3 Å². The standard InChI is InChI=1S/C12H12F6N2O2/c13-11(14,15)10(22,12(16,17)18)7-3-1-6(2-4-7)8(19)5-9(20)21/h1-4,8,22H,5,19H2,(H2,20,21). The highest BCUT2D eigenvalue weighted by molar-refractivity contribution is 5.74. The number of halogens is 6. The molecule has 1 rings (SSSR count). The van der Waals surface area contributed by atoms with Crippen LogP contribution < -0.4 is 11.5 Å². The Morgan fingerprint density at radius 1 is 1.05 bits per heavy atom. The van der Waals surface area contributed by atoms with Gasteiger partial charge in [-0.15, -0.1) is 0 Å². The van der Waals surface area contributed by atoms with Gasteiger partial charge in [0, 0.05) is 18.0 Å². The first kappa shape index (κ1) is 18.2. The number of amides is 1. The summed E-state index contributed by atoms with van der Waals surface area (Å²) in [5.41, 5.74) is 4.12. The molecule has 4 nitrogen and oxygen atoms in total. The average molecular weight is 330 g/mol. The van der Waals surface area contributed by atoms with Crippen LogP contribution in [0.2, 0.25) is 0 Å². The van der Waals surface area contributed by atoms with Crippen molar-refractivity contribution < 1.29 is 36.2 Å². The fourth-order valence-electron chi connectivity index (χ4n) is 1.79. The van der Waals surface area contributed by atoms with E-state index >= 15 is 0 Å². The fourth-order valence-corrected chi connectivity index (χ4v) is 1.79. The molecule has 0 saturated heterocycles. The SMILES string of the molecule is NC(=O)CC(N)c1ccc(C(O)(C(F)(F)F)C(F)(F)F)cc1. The molecule has 0 bridgehead atoms. The molecule has 0 aliphatic heterocycles. The molecule has 0 fully saturated rings. The summed E-state index contributed by atoms with van der Waals surface area (Å²) in [6.45, 7) is 0. The molecule has 1 atom stereocenters. The molecule has 0 aromatic heterocycles. The van der Waals surface area contributed by atoms with Gasteiger partial charge in [-0.3, -0.25) is 4.79 Å². The molecular formula is C12H12F6N2O2. The zero-order valence-corrected chi connectivity index (χ0v) is 10.9. The van der Waals surface area contributed by atoms with Gasteiger partial charge in [0.2, 0.25) is 5.91 Å². The van der Waals surface area contributed by atoms with Gasteiger partial charge in [0.25, 0.3) is 5.60 Å². The van der Waals surface area contributed by atoms with Crippen LogP contribution in [0.25, 0.3) is 0 Å². The van der Waals surface area contributed by atoms with Crippen LogP contribution >= 0.6 is 0 Å². The highest BCUT2D eigenvalue weighted by atomic mass is 19.4. The molecule has 1 aromatic carbocycles. The quantitative estimate of drug-likeness (QED) is 0.736. The zero-order valence-electron chi connectivity index (χ0n) is 10.9. The highest BCUT2D eigenvalue weighted by Gasteiger charge is 2.71. The largest absolute Gasteiger partial charge is 0.430 e. The maximum atomic E-state index is 12.7. The van der Waals surface area contributed by atoms with Crippen LogP contribution in [-0.2, 0) is 10.4 Å². The van der Waals surface area contributed by atoms with Gasteiger partial charge >= 0.3 is 12.4 Å². The smallest absolute Gasteiger partial charge is 0.370 e. The third-order valence-electron chi connectivity index (χ3n) is 3.00. The minimum absolute atomic E-state index is 0.106. The molecule has 1 aromatic rings. The van der Waals surface area contributed by atoms with E-state index in [2.05, 4.69) is 0 Å². The van der Waals surface area contributed by atoms with E-state index in [9.17, 15) is 36.2 Å². The van der Waals surface area contributed by atoms with Crippen molar-refractivity contribution in [3.63, 3.8) is 0 Å². The number of alkyl halides is 6. The lowest BCUT2D eigenvalue weighted by atomic mass is 9.90. The maximum Gasteiger partial charge on any atom is 0.430 e. The van der Waals surface area contributed by atoms with E-state index in [-0.39, 0.29) is 12.0 Å². The Labute approximate surface area is 120 Å². The van der Waals surface area contributed by atoms with Crippen molar-refractivity contribution >= 4 is 5.91 Å². The van der Waals surface area contributed by atoms with Gasteiger partial charge in [0.1, 0.15) is 0 Å². The lowest BCUT2D eigenvalue weighted by Gasteiger charge is -2.32. The number of hydrogen-bond donors (Lipinski definition) is 3. The number of carbonyl (C=O) groups excluding carboxylic acids is 1. The highest BCUT2D eigenvalue weighted by Crippen LogP contribution is 2.50.